The Bertz CT molecular complexity index is 453. The molecule has 1 saturated heterocycles. The molecular weight excluding hydrogens is 283 g/mol. The van der Waals surface area contributed by atoms with Gasteiger partial charge < -0.3 is 5.73 Å². The van der Waals surface area contributed by atoms with Crippen molar-refractivity contribution in [2.45, 2.75) is 24.6 Å². The van der Waals surface area contributed by atoms with Gasteiger partial charge in [0.2, 0.25) is 0 Å². The zero-order valence-corrected chi connectivity index (χ0v) is 12.9. The molecule has 0 aliphatic carbocycles. The van der Waals surface area contributed by atoms with Gasteiger partial charge in [0.1, 0.15) is 5.82 Å². The zero-order valence-electron chi connectivity index (χ0n) is 11.3. The predicted molar refractivity (Wildman–Crippen MR) is 81.3 cm³/mol. The normalized spacial score (nSPS) is 21.3. The van der Waals surface area contributed by atoms with Crippen LogP contribution in [0.15, 0.2) is 18.2 Å². The van der Waals surface area contributed by atoms with Crippen molar-refractivity contribution in [3.05, 3.63) is 34.6 Å². The summed E-state index contributed by atoms with van der Waals surface area (Å²) in [5.41, 5.74) is 6.49. The van der Waals surface area contributed by atoms with Crippen molar-refractivity contribution in [1.82, 2.24) is 4.90 Å². The van der Waals surface area contributed by atoms with Crippen LogP contribution in [0.5, 0.6) is 0 Å². The van der Waals surface area contributed by atoms with Crippen LogP contribution < -0.4 is 5.73 Å². The van der Waals surface area contributed by atoms with Gasteiger partial charge in [-0.1, -0.05) is 23.7 Å². The molecule has 1 unspecified atom stereocenters. The molecule has 2 nitrogen and oxygen atoms in total. The maximum Gasteiger partial charge on any atom is 0.146 e. The van der Waals surface area contributed by atoms with E-state index < -0.39 is 0 Å². The van der Waals surface area contributed by atoms with E-state index in [1.165, 1.54) is 0 Å². The van der Waals surface area contributed by atoms with E-state index in [9.17, 15) is 4.39 Å². The number of nitrogens with zero attached hydrogens (tertiary/aromatic N) is 1. The van der Waals surface area contributed by atoms with Crippen LogP contribution in [0.25, 0.3) is 0 Å². The largest absolute Gasteiger partial charge is 0.329 e. The Balaban J connectivity index is 2.27. The van der Waals surface area contributed by atoms with Gasteiger partial charge in [-0.2, -0.15) is 11.8 Å². The maximum absolute atomic E-state index is 14.2. The molecule has 1 aromatic rings. The van der Waals surface area contributed by atoms with Gasteiger partial charge in [-0.15, -0.1) is 0 Å². The predicted octanol–water partition coefficient (Wildman–Crippen LogP) is 3.31. The van der Waals surface area contributed by atoms with Crippen molar-refractivity contribution < 1.29 is 4.39 Å². The highest BCUT2D eigenvalue weighted by Crippen LogP contribution is 2.35. The van der Waals surface area contributed by atoms with E-state index in [4.69, 9.17) is 17.3 Å². The molecule has 1 fully saturated rings. The molecule has 0 bridgehead atoms. The number of rotatable bonds is 3. The highest BCUT2D eigenvalue weighted by atomic mass is 35.5. The minimum absolute atomic E-state index is 0.0983. The van der Waals surface area contributed by atoms with E-state index in [2.05, 4.69) is 18.7 Å². The van der Waals surface area contributed by atoms with E-state index in [0.717, 1.165) is 18.8 Å². The molecule has 5 heteroatoms. The Labute approximate surface area is 123 Å². The highest BCUT2D eigenvalue weighted by molar-refractivity contribution is 8.00. The van der Waals surface area contributed by atoms with Crippen molar-refractivity contribution >= 4 is 23.4 Å². The molecule has 106 valence electrons. The smallest absolute Gasteiger partial charge is 0.146 e. The van der Waals surface area contributed by atoms with Crippen LogP contribution in [0.4, 0.5) is 4.39 Å². The Morgan fingerprint density at radius 2 is 2.26 bits per heavy atom. The van der Waals surface area contributed by atoms with Gasteiger partial charge in [-0.25, -0.2) is 4.39 Å². The first-order valence-corrected chi connectivity index (χ1v) is 7.83. The van der Waals surface area contributed by atoms with Crippen LogP contribution in [0.1, 0.15) is 25.5 Å². The molecule has 19 heavy (non-hydrogen) atoms. The SMILES string of the molecule is CC1(C)CN(C(CN)c2cccc(Cl)c2F)CCS1. The van der Waals surface area contributed by atoms with Crippen LogP contribution in [0.3, 0.4) is 0 Å². The minimum Gasteiger partial charge on any atom is -0.329 e. The first-order chi connectivity index (χ1) is 8.94. The summed E-state index contributed by atoms with van der Waals surface area (Å²) in [6, 6.07) is 5.05. The number of nitrogens with two attached hydrogens (primary N) is 1. The fourth-order valence-corrected chi connectivity index (χ4v) is 3.89. The average molecular weight is 303 g/mol. The average Bonchev–Trinajstić information content (AvgIpc) is 2.34. The molecule has 0 aromatic heterocycles. The second-order valence-electron chi connectivity index (χ2n) is 5.47. The molecular formula is C14H20ClFN2S. The lowest BCUT2D eigenvalue weighted by molar-refractivity contribution is 0.189. The van der Waals surface area contributed by atoms with E-state index >= 15 is 0 Å². The summed E-state index contributed by atoms with van der Waals surface area (Å²) in [7, 11) is 0. The van der Waals surface area contributed by atoms with Crippen LogP contribution in [0, 0.1) is 5.82 Å². The lowest BCUT2D eigenvalue weighted by Gasteiger charge is -2.41. The molecule has 1 aliphatic rings. The Kier molecular flexibility index (Phi) is 4.77. The molecule has 0 amide bonds. The number of thioether (sulfide) groups is 1. The van der Waals surface area contributed by atoms with Gasteiger partial charge in [-0.05, 0) is 19.9 Å². The molecule has 1 atom stereocenters. The molecule has 1 aromatic carbocycles. The summed E-state index contributed by atoms with van der Waals surface area (Å²) in [5.74, 6) is 0.710. The van der Waals surface area contributed by atoms with Crippen LogP contribution in [-0.2, 0) is 0 Å². The van der Waals surface area contributed by atoms with Gasteiger partial charge in [0.05, 0.1) is 11.1 Å². The quantitative estimate of drug-likeness (QED) is 0.929. The molecule has 0 spiro atoms. The minimum atomic E-state index is -0.337. The van der Waals surface area contributed by atoms with E-state index in [1.807, 2.05) is 11.8 Å². The third kappa shape index (κ3) is 3.43. The zero-order chi connectivity index (χ0) is 14.0. The summed E-state index contributed by atoms with van der Waals surface area (Å²) in [4.78, 5) is 2.27. The van der Waals surface area contributed by atoms with Gasteiger partial charge in [-0.3, -0.25) is 4.90 Å². The van der Waals surface area contributed by atoms with Gasteiger partial charge in [0.25, 0.3) is 0 Å². The van der Waals surface area contributed by atoms with Gasteiger partial charge in [0.15, 0.2) is 0 Å². The topological polar surface area (TPSA) is 29.3 Å². The summed E-state index contributed by atoms with van der Waals surface area (Å²) in [5, 5.41) is 0.168. The van der Waals surface area contributed by atoms with Crippen molar-refractivity contribution in [3.8, 4) is 0 Å². The second kappa shape index (κ2) is 6.00. The fourth-order valence-electron chi connectivity index (χ4n) is 2.57. The number of halogens is 2. The highest BCUT2D eigenvalue weighted by Gasteiger charge is 2.32. The van der Waals surface area contributed by atoms with Crippen molar-refractivity contribution in [1.29, 1.82) is 0 Å². The third-order valence-electron chi connectivity index (χ3n) is 3.46. The van der Waals surface area contributed by atoms with E-state index in [0.29, 0.717) is 12.1 Å². The Morgan fingerprint density at radius 1 is 1.53 bits per heavy atom. The van der Waals surface area contributed by atoms with Gasteiger partial charge in [0, 0.05) is 35.7 Å². The summed E-state index contributed by atoms with van der Waals surface area (Å²) >= 11 is 7.82. The van der Waals surface area contributed by atoms with Gasteiger partial charge >= 0.3 is 0 Å². The molecule has 2 rings (SSSR count). The maximum atomic E-state index is 14.2. The summed E-state index contributed by atoms with van der Waals surface area (Å²) < 4.78 is 14.3. The third-order valence-corrected chi connectivity index (χ3v) is 5.05. The van der Waals surface area contributed by atoms with E-state index in [1.54, 1.807) is 18.2 Å². The second-order valence-corrected chi connectivity index (χ2v) is 7.68. The Hall–Kier alpha value is -0.290. The Morgan fingerprint density at radius 3 is 2.89 bits per heavy atom. The van der Waals surface area contributed by atoms with Crippen molar-refractivity contribution in [2.24, 2.45) is 5.73 Å². The number of benzene rings is 1. The van der Waals surface area contributed by atoms with Crippen LogP contribution in [-0.4, -0.2) is 35.0 Å². The van der Waals surface area contributed by atoms with E-state index in [-0.39, 0.29) is 21.6 Å². The molecule has 0 radical (unpaired) electrons. The molecule has 0 saturated carbocycles. The fraction of sp³-hybridized carbons (Fsp3) is 0.571. The molecule has 1 heterocycles. The number of hydrogen-bond donors (Lipinski definition) is 1. The molecule has 1 aliphatic heterocycles. The summed E-state index contributed by atoms with van der Waals surface area (Å²) in [6.07, 6.45) is 0. The van der Waals surface area contributed by atoms with Crippen molar-refractivity contribution in [3.63, 3.8) is 0 Å². The standard InChI is InChI=1S/C14H20ClFN2S/c1-14(2)9-18(6-7-19-14)12(8-17)10-4-3-5-11(15)13(10)16/h3-5,12H,6-9,17H2,1-2H3. The number of hydrogen-bond acceptors (Lipinski definition) is 3. The summed E-state index contributed by atoms with van der Waals surface area (Å²) in [6.45, 7) is 6.67. The monoisotopic (exact) mass is 302 g/mol. The lowest BCUT2D eigenvalue weighted by Crippen LogP contribution is -2.46. The first-order valence-electron chi connectivity index (χ1n) is 6.46. The first kappa shape index (κ1) is 15.1. The van der Waals surface area contributed by atoms with Crippen LogP contribution in [0.2, 0.25) is 5.02 Å². The van der Waals surface area contributed by atoms with Crippen molar-refractivity contribution in [2.75, 3.05) is 25.4 Å². The van der Waals surface area contributed by atoms with Crippen LogP contribution >= 0.6 is 23.4 Å². The lowest BCUT2D eigenvalue weighted by atomic mass is 10.0. The molecule has 2 N–H and O–H groups in total.